The largest absolute Gasteiger partial charge is 0.511 e. The van der Waals surface area contributed by atoms with Gasteiger partial charge in [-0.05, 0) is 38.8 Å². The summed E-state index contributed by atoms with van der Waals surface area (Å²) >= 11 is 0. The van der Waals surface area contributed by atoms with Crippen LogP contribution in [-0.2, 0) is 10.0 Å². The summed E-state index contributed by atoms with van der Waals surface area (Å²) in [5.41, 5.74) is -5.23. The molecule has 1 unspecified atom stereocenters. The zero-order chi connectivity index (χ0) is 20.7. The highest BCUT2D eigenvalue weighted by Crippen LogP contribution is 2.30. The van der Waals surface area contributed by atoms with Crippen molar-refractivity contribution in [3.05, 3.63) is 0 Å². The van der Waals surface area contributed by atoms with E-state index in [1.165, 1.54) is 0 Å². The summed E-state index contributed by atoms with van der Waals surface area (Å²) < 4.78 is 61.2. The molecule has 1 aliphatic rings. The molecule has 0 aliphatic carbocycles. The Morgan fingerprint density at radius 3 is 2.18 bits per heavy atom. The molecule has 0 bridgehead atoms. The molecule has 0 aromatic rings. The Morgan fingerprint density at radius 2 is 1.75 bits per heavy atom. The molecule has 1 saturated heterocycles. The maximum atomic E-state index is 12.6. The third-order valence-electron chi connectivity index (χ3n) is 4.99. The van der Waals surface area contributed by atoms with Crippen LogP contribution in [0.2, 0.25) is 0 Å². The molecule has 1 heterocycles. The van der Waals surface area contributed by atoms with E-state index in [0.29, 0.717) is 35.7 Å². The van der Waals surface area contributed by atoms with Gasteiger partial charge < -0.3 is 10.6 Å². The number of nitrogens with one attached hydrogen (secondary N) is 2. The van der Waals surface area contributed by atoms with E-state index in [4.69, 9.17) is 0 Å². The van der Waals surface area contributed by atoms with Gasteiger partial charge >= 0.3 is 15.5 Å². The van der Waals surface area contributed by atoms with Gasteiger partial charge in [-0.1, -0.05) is 13.8 Å². The fourth-order valence-corrected chi connectivity index (χ4v) is 4.17. The van der Waals surface area contributed by atoms with Gasteiger partial charge in [-0.2, -0.15) is 17.5 Å². The van der Waals surface area contributed by atoms with Gasteiger partial charge in [0.1, 0.15) is 0 Å². The SMILES string of the molecule is CCN(CC)C(C)CNC(=NC)NCC1CCN(S(=O)(=O)C(F)(F)F)CC1.I. The maximum Gasteiger partial charge on any atom is 0.511 e. The zero-order valence-electron chi connectivity index (χ0n) is 16.9. The lowest BCUT2D eigenvalue weighted by Crippen LogP contribution is -2.48. The number of piperidine rings is 1. The molecule has 0 amide bonds. The number of rotatable bonds is 8. The average molecular weight is 543 g/mol. The fraction of sp³-hybridized carbons (Fsp3) is 0.938. The number of guanidine groups is 1. The number of halogens is 4. The third kappa shape index (κ3) is 7.82. The topological polar surface area (TPSA) is 77.0 Å². The molecule has 28 heavy (non-hydrogen) atoms. The number of hydrogen-bond acceptors (Lipinski definition) is 4. The van der Waals surface area contributed by atoms with Gasteiger partial charge in [-0.15, -0.1) is 24.0 Å². The number of sulfonamides is 1. The van der Waals surface area contributed by atoms with Crippen LogP contribution in [0.3, 0.4) is 0 Å². The second-order valence-corrected chi connectivity index (χ2v) is 8.63. The number of likely N-dealkylation sites (N-methyl/N-ethyl adjacent to an activating group) is 1. The Kier molecular flexibility index (Phi) is 12.2. The van der Waals surface area contributed by atoms with Crippen LogP contribution < -0.4 is 10.6 Å². The minimum Gasteiger partial charge on any atom is -0.356 e. The normalized spacial score (nSPS) is 18.6. The first-order valence-corrected chi connectivity index (χ1v) is 10.8. The van der Waals surface area contributed by atoms with E-state index >= 15 is 0 Å². The minimum absolute atomic E-state index is 0. The van der Waals surface area contributed by atoms with E-state index < -0.39 is 15.5 Å². The molecule has 0 aromatic carbocycles. The van der Waals surface area contributed by atoms with Gasteiger partial charge in [0.25, 0.3) is 0 Å². The first-order chi connectivity index (χ1) is 12.6. The van der Waals surface area contributed by atoms with Gasteiger partial charge in [0.2, 0.25) is 0 Å². The van der Waals surface area contributed by atoms with Crippen molar-refractivity contribution in [3.63, 3.8) is 0 Å². The van der Waals surface area contributed by atoms with Crippen molar-refractivity contribution in [1.82, 2.24) is 19.8 Å². The average Bonchev–Trinajstić information content (AvgIpc) is 2.62. The number of aliphatic imine (C=N–C) groups is 1. The molecule has 2 N–H and O–H groups in total. The van der Waals surface area contributed by atoms with Gasteiger partial charge in [0.05, 0.1) is 0 Å². The second kappa shape index (κ2) is 12.4. The predicted octanol–water partition coefficient (Wildman–Crippen LogP) is 2.06. The highest BCUT2D eigenvalue weighted by molar-refractivity contribution is 14.0. The molecule has 0 radical (unpaired) electrons. The van der Waals surface area contributed by atoms with Crippen molar-refractivity contribution in [2.45, 2.75) is 45.2 Å². The van der Waals surface area contributed by atoms with E-state index in [9.17, 15) is 21.6 Å². The van der Waals surface area contributed by atoms with Crippen LogP contribution in [0, 0.1) is 5.92 Å². The van der Waals surface area contributed by atoms with Crippen molar-refractivity contribution in [1.29, 1.82) is 0 Å². The lowest BCUT2D eigenvalue weighted by atomic mass is 9.98. The van der Waals surface area contributed by atoms with Crippen molar-refractivity contribution >= 4 is 40.0 Å². The lowest BCUT2D eigenvalue weighted by molar-refractivity contribution is -0.0496. The lowest BCUT2D eigenvalue weighted by Gasteiger charge is -2.32. The number of hydrogen-bond donors (Lipinski definition) is 2. The molecular weight excluding hydrogens is 510 g/mol. The monoisotopic (exact) mass is 543 g/mol. The first kappa shape index (κ1) is 27.7. The van der Waals surface area contributed by atoms with E-state index in [-0.39, 0.29) is 43.0 Å². The van der Waals surface area contributed by atoms with Crippen molar-refractivity contribution < 1.29 is 21.6 Å². The first-order valence-electron chi connectivity index (χ1n) is 9.31. The molecule has 168 valence electrons. The summed E-state index contributed by atoms with van der Waals surface area (Å²) in [6.45, 7) is 9.32. The standard InChI is InChI=1S/C16H32F3N5O2S.HI/c1-5-23(6-2)13(3)11-21-15(20-4)22-12-14-7-9-24(10-8-14)27(25,26)16(17,18)19;/h13-14H,5-12H2,1-4H3,(H2,20,21,22);1H. The summed E-state index contributed by atoms with van der Waals surface area (Å²) in [6.07, 6.45) is 0.768. The summed E-state index contributed by atoms with van der Waals surface area (Å²) in [7, 11) is -3.56. The summed E-state index contributed by atoms with van der Waals surface area (Å²) in [6, 6.07) is 0.342. The highest BCUT2D eigenvalue weighted by Gasteiger charge is 2.50. The van der Waals surface area contributed by atoms with Crippen LogP contribution in [0.1, 0.15) is 33.6 Å². The zero-order valence-corrected chi connectivity index (χ0v) is 20.1. The Morgan fingerprint density at radius 1 is 1.21 bits per heavy atom. The van der Waals surface area contributed by atoms with E-state index in [1.807, 2.05) is 0 Å². The minimum atomic E-state index is -5.23. The number of nitrogens with zero attached hydrogens (tertiary/aromatic N) is 3. The van der Waals surface area contributed by atoms with Gasteiger partial charge in [0.15, 0.2) is 5.96 Å². The molecule has 0 saturated carbocycles. The van der Waals surface area contributed by atoms with Gasteiger partial charge in [0, 0.05) is 39.3 Å². The van der Waals surface area contributed by atoms with Crippen molar-refractivity contribution in [2.75, 3.05) is 46.3 Å². The molecular formula is C16H33F3IN5O2S. The van der Waals surface area contributed by atoms with E-state index in [2.05, 4.69) is 41.3 Å². The van der Waals surface area contributed by atoms with E-state index in [0.717, 1.165) is 19.6 Å². The smallest absolute Gasteiger partial charge is 0.356 e. The molecule has 12 heteroatoms. The predicted molar refractivity (Wildman–Crippen MR) is 116 cm³/mol. The molecule has 1 aliphatic heterocycles. The molecule has 1 atom stereocenters. The van der Waals surface area contributed by atoms with E-state index in [1.54, 1.807) is 7.05 Å². The van der Waals surface area contributed by atoms with Crippen LogP contribution in [0.25, 0.3) is 0 Å². The number of alkyl halides is 3. The highest BCUT2D eigenvalue weighted by atomic mass is 127. The van der Waals surface area contributed by atoms with Crippen LogP contribution in [-0.4, -0.2) is 81.4 Å². The van der Waals surface area contributed by atoms with Crippen LogP contribution in [0.15, 0.2) is 4.99 Å². The Labute approximate surface area is 183 Å². The Hall–Kier alpha value is -0.340. The molecule has 7 nitrogen and oxygen atoms in total. The summed E-state index contributed by atoms with van der Waals surface area (Å²) in [5, 5.41) is 6.44. The van der Waals surface area contributed by atoms with Crippen LogP contribution in [0.5, 0.6) is 0 Å². The maximum absolute atomic E-state index is 12.6. The summed E-state index contributed by atoms with van der Waals surface area (Å²) in [4.78, 5) is 6.48. The Balaban J connectivity index is 0.00000729. The molecule has 1 rings (SSSR count). The van der Waals surface area contributed by atoms with Gasteiger partial charge in [-0.25, -0.2) is 8.42 Å². The second-order valence-electron chi connectivity index (χ2n) is 6.70. The van der Waals surface area contributed by atoms with Crippen molar-refractivity contribution in [3.8, 4) is 0 Å². The summed E-state index contributed by atoms with van der Waals surface area (Å²) in [5.74, 6) is 0.739. The van der Waals surface area contributed by atoms with Gasteiger partial charge in [-0.3, -0.25) is 9.89 Å². The molecule has 1 fully saturated rings. The third-order valence-corrected chi connectivity index (χ3v) is 6.62. The van der Waals surface area contributed by atoms with Crippen LogP contribution >= 0.6 is 24.0 Å². The van der Waals surface area contributed by atoms with Crippen LogP contribution in [0.4, 0.5) is 13.2 Å². The molecule has 0 aromatic heterocycles. The molecule has 0 spiro atoms. The quantitative estimate of drug-likeness (QED) is 0.279. The van der Waals surface area contributed by atoms with Crippen molar-refractivity contribution in [2.24, 2.45) is 10.9 Å². The Bertz CT molecular complexity index is 577. The fourth-order valence-electron chi connectivity index (χ4n) is 3.18.